The highest BCUT2D eigenvalue weighted by atomic mass is 16.2. The molecule has 1 heterocycles. The number of hydrogen-bond donors (Lipinski definition) is 0. The second-order valence-electron chi connectivity index (χ2n) is 2.44. The van der Waals surface area contributed by atoms with Gasteiger partial charge in [-0.15, -0.1) is 0 Å². The van der Waals surface area contributed by atoms with Crippen LogP contribution in [0.15, 0.2) is 12.3 Å². The summed E-state index contributed by atoms with van der Waals surface area (Å²) in [4.78, 5) is 12.5. The Hall–Kier alpha value is -1.30. The van der Waals surface area contributed by atoms with Gasteiger partial charge in [0.15, 0.2) is 0 Å². The number of hydrogen-bond acceptors (Lipinski definition) is 2. The van der Waals surface area contributed by atoms with Crippen LogP contribution in [-0.4, -0.2) is 16.8 Å². The van der Waals surface area contributed by atoms with Crippen molar-refractivity contribution in [2.45, 2.75) is 25.8 Å². The fraction of sp³-hybridized carbons (Fsp3) is 0.500. The normalized spacial score (nSPS) is 18.5. The van der Waals surface area contributed by atoms with Crippen LogP contribution in [0.5, 0.6) is 0 Å². The van der Waals surface area contributed by atoms with Crippen LogP contribution in [0, 0.1) is 11.3 Å². The van der Waals surface area contributed by atoms with E-state index in [9.17, 15) is 4.79 Å². The molecule has 0 aliphatic carbocycles. The molecule has 0 fully saturated rings. The van der Waals surface area contributed by atoms with E-state index in [1.54, 1.807) is 12.3 Å². The zero-order valence-electron chi connectivity index (χ0n) is 6.45. The van der Waals surface area contributed by atoms with E-state index in [4.69, 9.17) is 5.26 Å². The molecule has 0 spiro atoms. The summed E-state index contributed by atoms with van der Waals surface area (Å²) in [5.74, 6) is 0.0263. The molecule has 0 saturated heterocycles. The van der Waals surface area contributed by atoms with Crippen LogP contribution in [0.2, 0.25) is 0 Å². The molecule has 1 aliphatic rings. The molecule has 1 atom stereocenters. The Bertz CT molecular complexity index is 227. The Balaban J connectivity index is 2.66. The summed E-state index contributed by atoms with van der Waals surface area (Å²) in [6, 6.07) is 1.80. The summed E-state index contributed by atoms with van der Waals surface area (Å²) in [5.41, 5.74) is 0. The first-order valence-corrected chi connectivity index (χ1v) is 3.67. The van der Waals surface area contributed by atoms with Gasteiger partial charge in [-0.05, 0) is 6.42 Å². The van der Waals surface area contributed by atoms with Crippen LogP contribution in [0.1, 0.15) is 19.8 Å². The number of amides is 1. The molecule has 0 N–H and O–H groups in total. The quantitative estimate of drug-likeness (QED) is 0.590. The Kier molecular flexibility index (Phi) is 2.27. The summed E-state index contributed by atoms with van der Waals surface area (Å²) in [6.07, 6.45) is 4.60. The summed E-state index contributed by atoms with van der Waals surface area (Å²) >= 11 is 0. The predicted molar refractivity (Wildman–Crippen MR) is 40.3 cm³/mol. The Morgan fingerprint density at radius 3 is 3.00 bits per heavy atom. The first kappa shape index (κ1) is 7.80. The summed E-state index contributed by atoms with van der Waals surface area (Å²) in [6.45, 7) is 1.90. The number of carbonyl (C=O) groups is 1. The minimum Gasteiger partial charge on any atom is -0.303 e. The fourth-order valence-corrected chi connectivity index (χ4v) is 1.08. The predicted octanol–water partition coefficient (Wildman–Crippen LogP) is 1.03. The van der Waals surface area contributed by atoms with Gasteiger partial charge in [0.05, 0.1) is 6.07 Å². The standard InChI is InChI=1S/C8H10N2O/c1-2-7(6-9)10-5-3-4-8(10)11/h3,5,7H,2,4H2,1H3. The van der Waals surface area contributed by atoms with E-state index in [1.165, 1.54) is 4.90 Å². The summed E-state index contributed by atoms with van der Waals surface area (Å²) in [5, 5.41) is 8.63. The number of nitriles is 1. The molecular formula is C8H10N2O. The van der Waals surface area contributed by atoms with E-state index >= 15 is 0 Å². The van der Waals surface area contributed by atoms with Crippen molar-refractivity contribution in [2.75, 3.05) is 0 Å². The van der Waals surface area contributed by atoms with Crippen LogP contribution < -0.4 is 0 Å². The van der Waals surface area contributed by atoms with Crippen LogP contribution >= 0.6 is 0 Å². The second-order valence-corrected chi connectivity index (χ2v) is 2.44. The number of rotatable bonds is 2. The molecule has 1 aliphatic heterocycles. The fourth-order valence-electron chi connectivity index (χ4n) is 1.08. The van der Waals surface area contributed by atoms with E-state index in [0.29, 0.717) is 12.8 Å². The van der Waals surface area contributed by atoms with E-state index < -0.39 is 0 Å². The lowest BCUT2D eigenvalue weighted by molar-refractivity contribution is -0.127. The molecule has 0 radical (unpaired) electrons. The van der Waals surface area contributed by atoms with Gasteiger partial charge in [0.2, 0.25) is 5.91 Å². The third-order valence-electron chi connectivity index (χ3n) is 1.72. The van der Waals surface area contributed by atoms with Crippen molar-refractivity contribution >= 4 is 5.91 Å². The van der Waals surface area contributed by atoms with Crippen LogP contribution in [0.25, 0.3) is 0 Å². The lowest BCUT2D eigenvalue weighted by Crippen LogP contribution is -2.31. The van der Waals surface area contributed by atoms with Gasteiger partial charge in [-0.1, -0.05) is 13.0 Å². The van der Waals surface area contributed by atoms with Crippen molar-refractivity contribution in [3.05, 3.63) is 12.3 Å². The lowest BCUT2D eigenvalue weighted by Gasteiger charge is -2.17. The summed E-state index contributed by atoms with van der Waals surface area (Å²) in [7, 11) is 0. The van der Waals surface area contributed by atoms with Crippen molar-refractivity contribution in [1.29, 1.82) is 5.26 Å². The zero-order valence-corrected chi connectivity index (χ0v) is 6.45. The maximum absolute atomic E-state index is 11.0. The second kappa shape index (κ2) is 3.20. The van der Waals surface area contributed by atoms with Gasteiger partial charge in [0, 0.05) is 12.6 Å². The molecule has 58 valence electrons. The molecule has 3 nitrogen and oxygen atoms in total. The average molecular weight is 150 g/mol. The maximum Gasteiger partial charge on any atom is 0.231 e. The Morgan fingerprint density at radius 2 is 2.64 bits per heavy atom. The van der Waals surface area contributed by atoms with Gasteiger partial charge in [0.1, 0.15) is 6.04 Å². The molecular weight excluding hydrogens is 140 g/mol. The maximum atomic E-state index is 11.0. The molecule has 1 rings (SSSR count). The first-order valence-electron chi connectivity index (χ1n) is 3.67. The topological polar surface area (TPSA) is 44.1 Å². The smallest absolute Gasteiger partial charge is 0.231 e. The molecule has 1 amide bonds. The molecule has 11 heavy (non-hydrogen) atoms. The number of nitrogens with zero attached hydrogens (tertiary/aromatic N) is 2. The van der Waals surface area contributed by atoms with E-state index in [-0.39, 0.29) is 11.9 Å². The van der Waals surface area contributed by atoms with E-state index in [0.717, 1.165) is 0 Å². The molecule has 1 unspecified atom stereocenters. The number of carbonyl (C=O) groups excluding carboxylic acids is 1. The molecule has 0 saturated carbocycles. The average Bonchev–Trinajstić information content (AvgIpc) is 2.40. The summed E-state index contributed by atoms with van der Waals surface area (Å²) < 4.78 is 0. The van der Waals surface area contributed by atoms with E-state index in [2.05, 4.69) is 6.07 Å². The lowest BCUT2D eigenvalue weighted by atomic mass is 10.2. The molecule has 0 aromatic rings. The van der Waals surface area contributed by atoms with Gasteiger partial charge in [0.25, 0.3) is 0 Å². The van der Waals surface area contributed by atoms with Gasteiger partial charge < -0.3 is 4.90 Å². The highest BCUT2D eigenvalue weighted by Gasteiger charge is 2.21. The van der Waals surface area contributed by atoms with Gasteiger partial charge in [-0.25, -0.2) is 0 Å². The molecule has 0 bridgehead atoms. The van der Waals surface area contributed by atoms with Crippen LogP contribution in [0.4, 0.5) is 0 Å². The van der Waals surface area contributed by atoms with Crippen molar-refractivity contribution in [2.24, 2.45) is 0 Å². The van der Waals surface area contributed by atoms with Crippen LogP contribution in [-0.2, 0) is 4.79 Å². The highest BCUT2D eigenvalue weighted by molar-refractivity contribution is 5.81. The van der Waals surface area contributed by atoms with Crippen molar-refractivity contribution in [3.8, 4) is 6.07 Å². The van der Waals surface area contributed by atoms with E-state index in [1.807, 2.05) is 6.92 Å². The highest BCUT2D eigenvalue weighted by Crippen LogP contribution is 2.12. The van der Waals surface area contributed by atoms with Crippen molar-refractivity contribution in [1.82, 2.24) is 4.90 Å². The minimum absolute atomic E-state index is 0.0263. The molecule has 3 heteroatoms. The Labute approximate surface area is 65.9 Å². The SMILES string of the molecule is CCC(C#N)N1C=CCC1=O. The third-order valence-corrected chi connectivity index (χ3v) is 1.72. The van der Waals surface area contributed by atoms with Crippen molar-refractivity contribution in [3.63, 3.8) is 0 Å². The Morgan fingerprint density at radius 1 is 1.91 bits per heavy atom. The molecule has 0 aromatic carbocycles. The van der Waals surface area contributed by atoms with Gasteiger partial charge >= 0.3 is 0 Å². The monoisotopic (exact) mass is 150 g/mol. The first-order chi connectivity index (χ1) is 5.29. The van der Waals surface area contributed by atoms with Crippen LogP contribution in [0.3, 0.4) is 0 Å². The largest absolute Gasteiger partial charge is 0.303 e. The van der Waals surface area contributed by atoms with Crippen molar-refractivity contribution < 1.29 is 4.79 Å². The minimum atomic E-state index is -0.277. The van der Waals surface area contributed by atoms with Gasteiger partial charge in [-0.3, -0.25) is 4.79 Å². The van der Waals surface area contributed by atoms with Gasteiger partial charge in [-0.2, -0.15) is 5.26 Å². The third kappa shape index (κ3) is 1.40. The molecule has 0 aromatic heterocycles. The zero-order chi connectivity index (χ0) is 8.27.